The first kappa shape index (κ1) is 19.6. The van der Waals surface area contributed by atoms with Crippen molar-refractivity contribution in [1.29, 1.82) is 0 Å². The molecule has 0 unspecified atom stereocenters. The second kappa shape index (κ2) is 8.26. The van der Waals surface area contributed by atoms with Crippen molar-refractivity contribution < 1.29 is 19.1 Å². The highest BCUT2D eigenvalue weighted by Gasteiger charge is 2.34. The molecule has 8 heteroatoms. The van der Waals surface area contributed by atoms with Crippen LogP contribution in [0.5, 0.6) is 5.75 Å². The maximum absolute atomic E-state index is 12.5. The highest BCUT2D eigenvalue weighted by atomic mass is 79.9. The summed E-state index contributed by atoms with van der Waals surface area (Å²) >= 11 is 3.37. The molecule has 1 fully saturated rings. The number of imide groups is 1. The van der Waals surface area contributed by atoms with Crippen LogP contribution in [0.25, 0.3) is 6.08 Å². The van der Waals surface area contributed by atoms with E-state index in [-0.39, 0.29) is 12.2 Å². The van der Waals surface area contributed by atoms with E-state index >= 15 is 0 Å². The van der Waals surface area contributed by atoms with E-state index in [1.54, 1.807) is 43.5 Å². The predicted molar refractivity (Wildman–Crippen MR) is 109 cm³/mol. The summed E-state index contributed by atoms with van der Waals surface area (Å²) in [7, 11) is 1.55. The highest BCUT2D eigenvalue weighted by Crippen LogP contribution is 2.27. The number of hydrogen-bond donors (Lipinski definition) is 2. The summed E-state index contributed by atoms with van der Waals surface area (Å²) in [5.74, 6) is -0.366. The van der Waals surface area contributed by atoms with Crippen molar-refractivity contribution in [2.24, 2.45) is 0 Å². The average molecular weight is 444 g/mol. The quantitative estimate of drug-likeness (QED) is 0.548. The fourth-order valence-corrected chi connectivity index (χ4v) is 3.19. The van der Waals surface area contributed by atoms with Gasteiger partial charge in [-0.25, -0.2) is 9.69 Å². The Labute approximate surface area is 170 Å². The number of ether oxygens (including phenoxy) is 1. The van der Waals surface area contributed by atoms with Gasteiger partial charge in [0.05, 0.1) is 11.6 Å². The lowest BCUT2D eigenvalue weighted by Gasteiger charge is -2.12. The molecule has 1 heterocycles. The van der Waals surface area contributed by atoms with Gasteiger partial charge in [-0.05, 0) is 58.8 Å². The molecule has 0 bridgehead atoms. The molecular weight excluding hydrogens is 426 g/mol. The summed E-state index contributed by atoms with van der Waals surface area (Å²) in [6.07, 6.45) is 1.54. The molecular formula is C20H18BrN3O4. The Morgan fingerprint density at radius 2 is 1.93 bits per heavy atom. The molecule has 0 spiro atoms. The Hall–Kier alpha value is -3.13. The smallest absolute Gasteiger partial charge is 0.329 e. The van der Waals surface area contributed by atoms with Crippen molar-refractivity contribution >= 4 is 45.5 Å². The van der Waals surface area contributed by atoms with Gasteiger partial charge < -0.3 is 15.4 Å². The summed E-state index contributed by atoms with van der Waals surface area (Å²) < 4.78 is 5.89. The Bertz CT molecular complexity index is 970. The Morgan fingerprint density at radius 1 is 1.21 bits per heavy atom. The second-order valence-corrected chi connectivity index (χ2v) is 7.04. The second-order valence-electron chi connectivity index (χ2n) is 6.19. The first-order valence-electron chi connectivity index (χ1n) is 8.42. The predicted octanol–water partition coefficient (Wildman–Crippen LogP) is 3.30. The minimum atomic E-state index is -0.636. The fraction of sp³-hybridized carbons (Fsp3) is 0.150. The van der Waals surface area contributed by atoms with Gasteiger partial charge in [0.25, 0.3) is 5.91 Å². The number of anilines is 1. The molecule has 4 amide bonds. The SMILES string of the molecule is COc1ccc(/C=C2\NC(=O)N(CC(=O)Nc3ccc(C)cc3)C2=O)cc1Br. The van der Waals surface area contributed by atoms with Crippen LogP contribution >= 0.6 is 15.9 Å². The van der Waals surface area contributed by atoms with E-state index in [1.165, 1.54) is 0 Å². The zero-order chi connectivity index (χ0) is 20.3. The molecule has 0 atom stereocenters. The minimum absolute atomic E-state index is 0.102. The fourth-order valence-electron chi connectivity index (χ4n) is 2.64. The molecule has 0 aromatic heterocycles. The third kappa shape index (κ3) is 4.40. The number of carbonyl (C=O) groups excluding carboxylic acids is 3. The number of nitrogens with one attached hydrogen (secondary N) is 2. The summed E-state index contributed by atoms with van der Waals surface area (Å²) in [6.45, 7) is 1.57. The lowest BCUT2D eigenvalue weighted by Crippen LogP contribution is -2.38. The first-order valence-corrected chi connectivity index (χ1v) is 9.21. The molecule has 0 saturated carbocycles. The summed E-state index contributed by atoms with van der Waals surface area (Å²) in [5.41, 5.74) is 2.46. The minimum Gasteiger partial charge on any atom is -0.496 e. The maximum Gasteiger partial charge on any atom is 0.329 e. The van der Waals surface area contributed by atoms with Crippen LogP contribution in [-0.2, 0) is 9.59 Å². The van der Waals surface area contributed by atoms with Gasteiger partial charge in [-0.15, -0.1) is 0 Å². The average Bonchev–Trinajstić information content (AvgIpc) is 2.91. The number of rotatable bonds is 5. The Morgan fingerprint density at radius 3 is 2.57 bits per heavy atom. The van der Waals surface area contributed by atoms with Gasteiger partial charge in [0.1, 0.15) is 18.0 Å². The Balaban J connectivity index is 1.69. The topological polar surface area (TPSA) is 87.7 Å². The van der Waals surface area contributed by atoms with Crippen molar-refractivity contribution in [2.45, 2.75) is 6.92 Å². The molecule has 0 radical (unpaired) electrons. The van der Waals surface area contributed by atoms with Crippen molar-refractivity contribution in [3.8, 4) is 5.75 Å². The number of aryl methyl sites for hydroxylation is 1. The van der Waals surface area contributed by atoms with Crippen molar-refractivity contribution in [3.63, 3.8) is 0 Å². The number of nitrogens with zero attached hydrogens (tertiary/aromatic N) is 1. The van der Waals surface area contributed by atoms with Crippen LogP contribution in [0, 0.1) is 6.92 Å². The van der Waals surface area contributed by atoms with Crippen molar-refractivity contribution in [2.75, 3.05) is 19.0 Å². The van der Waals surface area contributed by atoms with Crippen LogP contribution in [0.4, 0.5) is 10.5 Å². The summed E-state index contributed by atoms with van der Waals surface area (Å²) in [5, 5.41) is 5.17. The number of halogens is 1. The molecule has 1 aliphatic heterocycles. The normalized spacial score (nSPS) is 15.0. The third-order valence-electron chi connectivity index (χ3n) is 4.09. The molecule has 2 aromatic rings. The molecule has 1 aliphatic rings. The lowest BCUT2D eigenvalue weighted by molar-refractivity contribution is -0.127. The van der Waals surface area contributed by atoms with Crippen LogP contribution in [0.2, 0.25) is 0 Å². The van der Waals surface area contributed by atoms with Crippen molar-refractivity contribution in [3.05, 3.63) is 63.8 Å². The number of hydrogen-bond acceptors (Lipinski definition) is 4. The third-order valence-corrected chi connectivity index (χ3v) is 4.71. The van der Waals surface area contributed by atoms with E-state index in [9.17, 15) is 14.4 Å². The maximum atomic E-state index is 12.5. The summed E-state index contributed by atoms with van der Waals surface area (Å²) in [4.78, 5) is 37.7. The van der Waals surface area contributed by atoms with Gasteiger partial charge in [-0.3, -0.25) is 9.59 Å². The summed E-state index contributed by atoms with van der Waals surface area (Å²) in [6, 6.07) is 11.8. The zero-order valence-corrected chi connectivity index (χ0v) is 16.9. The van der Waals surface area contributed by atoms with E-state index < -0.39 is 17.8 Å². The van der Waals surface area contributed by atoms with E-state index in [1.807, 2.05) is 19.1 Å². The molecule has 0 aliphatic carbocycles. The zero-order valence-electron chi connectivity index (χ0n) is 15.3. The number of amides is 4. The highest BCUT2D eigenvalue weighted by molar-refractivity contribution is 9.10. The van der Waals surface area contributed by atoms with Gasteiger partial charge in [-0.1, -0.05) is 23.8 Å². The standard InChI is InChI=1S/C20H18BrN3O4/c1-12-3-6-14(7-4-12)22-18(25)11-24-19(26)16(23-20(24)27)10-13-5-8-17(28-2)15(21)9-13/h3-10H,11H2,1-2H3,(H,22,25)(H,23,27)/b16-10-. The largest absolute Gasteiger partial charge is 0.496 e. The van der Waals surface area contributed by atoms with Gasteiger partial charge in [-0.2, -0.15) is 0 Å². The molecule has 2 N–H and O–H groups in total. The number of methoxy groups -OCH3 is 1. The van der Waals surface area contributed by atoms with Crippen LogP contribution in [0.1, 0.15) is 11.1 Å². The molecule has 2 aromatic carbocycles. The van der Waals surface area contributed by atoms with Gasteiger partial charge >= 0.3 is 6.03 Å². The van der Waals surface area contributed by atoms with Crippen LogP contribution < -0.4 is 15.4 Å². The molecule has 144 valence electrons. The lowest BCUT2D eigenvalue weighted by atomic mass is 10.2. The van der Waals surface area contributed by atoms with E-state index in [0.717, 1.165) is 14.9 Å². The number of urea groups is 1. The van der Waals surface area contributed by atoms with Crippen LogP contribution in [-0.4, -0.2) is 36.4 Å². The van der Waals surface area contributed by atoms with Crippen LogP contribution in [0.3, 0.4) is 0 Å². The molecule has 1 saturated heterocycles. The van der Waals surface area contributed by atoms with E-state index in [0.29, 0.717) is 17.0 Å². The van der Waals surface area contributed by atoms with Gasteiger partial charge in [0.2, 0.25) is 5.91 Å². The first-order chi connectivity index (χ1) is 13.4. The van der Waals surface area contributed by atoms with Gasteiger partial charge in [0.15, 0.2) is 0 Å². The van der Waals surface area contributed by atoms with E-state index in [4.69, 9.17) is 4.74 Å². The monoisotopic (exact) mass is 443 g/mol. The van der Waals surface area contributed by atoms with Gasteiger partial charge in [0, 0.05) is 5.69 Å². The number of carbonyl (C=O) groups is 3. The van der Waals surface area contributed by atoms with E-state index in [2.05, 4.69) is 26.6 Å². The van der Waals surface area contributed by atoms with Crippen molar-refractivity contribution in [1.82, 2.24) is 10.2 Å². The Kier molecular flexibility index (Phi) is 5.79. The molecule has 28 heavy (non-hydrogen) atoms. The number of benzene rings is 2. The molecule has 7 nitrogen and oxygen atoms in total. The van der Waals surface area contributed by atoms with Crippen LogP contribution in [0.15, 0.2) is 52.6 Å². The molecule has 3 rings (SSSR count).